The van der Waals surface area contributed by atoms with E-state index in [4.69, 9.17) is 9.47 Å². The SMILES string of the molecule is COCC(=O)N1Cc2cncn2C[C@H](COc2ccccn2)C1. The maximum Gasteiger partial charge on any atom is 0.248 e. The Hall–Kier alpha value is -2.41. The molecule has 2 aromatic heterocycles. The van der Waals surface area contributed by atoms with Crippen LogP contribution in [0.5, 0.6) is 5.88 Å². The number of imidazole rings is 1. The highest BCUT2D eigenvalue weighted by molar-refractivity contribution is 5.77. The van der Waals surface area contributed by atoms with Crippen LogP contribution in [0.25, 0.3) is 0 Å². The average Bonchev–Trinajstić information content (AvgIpc) is 2.92. The van der Waals surface area contributed by atoms with Gasteiger partial charge in [0.2, 0.25) is 11.8 Å². The second-order valence-electron chi connectivity index (χ2n) is 5.59. The van der Waals surface area contributed by atoms with Crippen LogP contribution < -0.4 is 4.74 Å². The molecule has 3 heterocycles. The zero-order valence-corrected chi connectivity index (χ0v) is 13.1. The Morgan fingerprint density at radius 1 is 1.39 bits per heavy atom. The molecule has 7 heteroatoms. The standard InChI is InChI=1S/C16H20N4O3/c1-22-11-16(21)19-7-13(8-20-12-17-6-14(20)9-19)10-23-15-4-2-3-5-18-15/h2-6,12-13H,7-11H2,1H3/t13-/m1/s1. The van der Waals surface area contributed by atoms with Crippen molar-refractivity contribution in [3.05, 3.63) is 42.6 Å². The zero-order chi connectivity index (χ0) is 16.1. The molecule has 0 saturated heterocycles. The number of ether oxygens (including phenoxy) is 2. The fourth-order valence-corrected chi connectivity index (χ4v) is 2.70. The van der Waals surface area contributed by atoms with Gasteiger partial charge in [0.15, 0.2) is 0 Å². The number of amides is 1. The number of nitrogens with zero attached hydrogens (tertiary/aromatic N) is 4. The Bertz CT molecular complexity index is 644. The van der Waals surface area contributed by atoms with Gasteiger partial charge in [-0.05, 0) is 6.07 Å². The van der Waals surface area contributed by atoms with Gasteiger partial charge in [-0.3, -0.25) is 4.79 Å². The summed E-state index contributed by atoms with van der Waals surface area (Å²) in [6.07, 6.45) is 5.30. The van der Waals surface area contributed by atoms with Crippen molar-refractivity contribution in [2.45, 2.75) is 13.1 Å². The molecule has 3 rings (SSSR count). The molecule has 0 fully saturated rings. The minimum Gasteiger partial charge on any atom is -0.477 e. The number of methoxy groups -OCH3 is 1. The second kappa shape index (κ2) is 7.23. The molecule has 1 amide bonds. The number of fused-ring (bicyclic) bond motifs is 1. The monoisotopic (exact) mass is 316 g/mol. The predicted molar refractivity (Wildman–Crippen MR) is 82.7 cm³/mol. The van der Waals surface area contributed by atoms with Crippen molar-refractivity contribution in [3.8, 4) is 5.88 Å². The third-order valence-corrected chi connectivity index (χ3v) is 3.81. The summed E-state index contributed by atoms with van der Waals surface area (Å²) in [6, 6.07) is 5.56. The third-order valence-electron chi connectivity index (χ3n) is 3.81. The first-order valence-corrected chi connectivity index (χ1v) is 7.56. The summed E-state index contributed by atoms with van der Waals surface area (Å²) >= 11 is 0. The Kier molecular flexibility index (Phi) is 4.87. The molecule has 1 aliphatic rings. The predicted octanol–water partition coefficient (Wildman–Crippen LogP) is 0.962. The third kappa shape index (κ3) is 3.87. The molecule has 0 saturated carbocycles. The molecule has 1 aliphatic heterocycles. The molecular formula is C16H20N4O3. The van der Waals surface area contributed by atoms with Crippen molar-refractivity contribution >= 4 is 5.91 Å². The summed E-state index contributed by atoms with van der Waals surface area (Å²) in [4.78, 5) is 22.4. The summed E-state index contributed by atoms with van der Waals surface area (Å²) in [7, 11) is 1.53. The van der Waals surface area contributed by atoms with E-state index in [1.54, 1.807) is 23.6 Å². The first kappa shape index (κ1) is 15.5. The molecule has 0 unspecified atom stereocenters. The van der Waals surface area contributed by atoms with Gasteiger partial charge >= 0.3 is 0 Å². The Morgan fingerprint density at radius 3 is 3.09 bits per heavy atom. The van der Waals surface area contributed by atoms with Crippen LogP contribution in [0.1, 0.15) is 5.69 Å². The summed E-state index contributed by atoms with van der Waals surface area (Å²) in [5.74, 6) is 0.732. The highest BCUT2D eigenvalue weighted by atomic mass is 16.5. The van der Waals surface area contributed by atoms with Gasteiger partial charge in [0.25, 0.3) is 0 Å². The van der Waals surface area contributed by atoms with Crippen molar-refractivity contribution in [3.63, 3.8) is 0 Å². The largest absolute Gasteiger partial charge is 0.477 e. The average molecular weight is 316 g/mol. The van der Waals surface area contributed by atoms with Crippen molar-refractivity contribution in [2.75, 3.05) is 26.9 Å². The van der Waals surface area contributed by atoms with Gasteiger partial charge in [-0.15, -0.1) is 0 Å². The number of pyridine rings is 1. The van der Waals surface area contributed by atoms with Crippen molar-refractivity contribution in [2.24, 2.45) is 5.92 Å². The lowest BCUT2D eigenvalue weighted by Gasteiger charge is -2.24. The molecule has 1 atom stereocenters. The van der Waals surface area contributed by atoms with E-state index in [1.807, 2.05) is 18.2 Å². The van der Waals surface area contributed by atoms with Crippen LogP contribution in [-0.4, -0.2) is 52.2 Å². The molecule has 7 nitrogen and oxygen atoms in total. The Balaban J connectivity index is 1.70. The van der Waals surface area contributed by atoms with Crippen LogP contribution in [0.3, 0.4) is 0 Å². The number of carbonyl (C=O) groups excluding carboxylic acids is 1. The Morgan fingerprint density at radius 2 is 2.30 bits per heavy atom. The Labute approximate surface area is 134 Å². The molecule has 0 radical (unpaired) electrons. The summed E-state index contributed by atoms with van der Waals surface area (Å²) in [5, 5.41) is 0. The van der Waals surface area contributed by atoms with E-state index in [1.165, 1.54) is 7.11 Å². The lowest BCUT2D eigenvalue weighted by atomic mass is 10.1. The van der Waals surface area contributed by atoms with Crippen molar-refractivity contribution in [1.82, 2.24) is 19.4 Å². The van der Waals surface area contributed by atoms with E-state index in [-0.39, 0.29) is 18.4 Å². The highest BCUT2D eigenvalue weighted by Crippen LogP contribution is 2.17. The number of aromatic nitrogens is 3. The molecule has 0 bridgehead atoms. The van der Waals surface area contributed by atoms with E-state index < -0.39 is 0 Å². The van der Waals surface area contributed by atoms with Gasteiger partial charge in [-0.2, -0.15) is 0 Å². The molecule has 2 aromatic rings. The molecule has 122 valence electrons. The number of carbonyl (C=O) groups is 1. The van der Waals surface area contributed by atoms with E-state index >= 15 is 0 Å². The molecule has 0 aromatic carbocycles. The second-order valence-corrected chi connectivity index (χ2v) is 5.59. The first-order chi connectivity index (χ1) is 11.3. The van der Waals surface area contributed by atoms with Gasteiger partial charge in [0, 0.05) is 44.6 Å². The minimum absolute atomic E-state index is 0.0232. The first-order valence-electron chi connectivity index (χ1n) is 7.56. The van der Waals surface area contributed by atoms with Gasteiger partial charge < -0.3 is 18.9 Å². The lowest BCUT2D eigenvalue weighted by molar-refractivity contribution is -0.136. The molecule has 0 N–H and O–H groups in total. The van der Waals surface area contributed by atoms with E-state index in [0.29, 0.717) is 25.6 Å². The van der Waals surface area contributed by atoms with Gasteiger partial charge in [-0.25, -0.2) is 9.97 Å². The van der Waals surface area contributed by atoms with Gasteiger partial charge in [-0.1, -0.05) is 6.07 Å². The molecular weight excluding hydrogens is 296 g/mol. The van der Waals surface area contributed by atoms with Gasteiger partial charge in [0.1, 0.15) is 6.61 Å². The summed E-state index contributed by atoms with van der Waals surface area (Å²) in [5.41, 5.74) is 1.02. The number of hydrogen-bond donors (Lipinski definition) is 0. The van der Waals surface area contributed by atoms with E-state index in [2.05, 4.69) is 14.5 Å². The number of rotatable bonds is 5. The normalized spacial score (nSPS) is 17.4. The fraction of sp³-hybridized carbons (Fsp3) is 0.438. The van der Waals surface area contributed by atoms with Crippen LogP contribution in [0.2, 0.25) is 0 Å². The maximum atomic E-state index is 12.2. The maximum absolute atomic E-state index is 12.2. The van der Waals surface area contributed by atoms with Crippen LogP contribution in [0.15, 0.2) is 36.9 Å². The van der Waals surface area contributed by atoms with E-state index in [9.17, 15) is 4.79 Å². The number of hydrogen-bond acceptors (Lipinski definition) is 5. The molecule has 0 spiro atoms. The van der Waals surface area contributed by atoms with E-state index in [0.717, 1.165) is 12.2 Å². The minimum atomic E-state index is -0.0232. The fourth-order valence-electron chi connectivity index (χ4n) is 2.70. The van der Waals surface area contributed by atoms with Crippen LogP contribution in [-0.2, 0) is 22.6 Å². The quantitative estimate of drug-likeness (QED) is 0.822. The summed E-state index contributed by atoms with van der Waals surface area (Å²) < 4.78 is 12.8. The van der Waals surface area contributed by atoms with Gasteiger partial charge in [0.05, 0.1) is 25.2 Å². The zero-order valence-electron chi connectivity index (χ0n) is 13.1. The summed E-state index contributed by atoms with van der Waals surface area (Å²) in [6.45, 7) is 2.51. The van der Waals surface area contributed by atoms with Crippen LogP contribution in [0, 0.1) is 5.92 Å². The lowest BCUT2D eigenvalue weighted by Crippen LogP contribution is -2.37. The van der Waals surface area contributed by atoms with Crippen LogP contribution >= 0.6 is 0 Å². The smallest absolute Gasteiger partial charge is 0.248 e. The highest BCUT2D eigenvalue weighted by Gasteiger charge is 2.25. The van der Waals surface area contributed by atoms with Crippen molar-refractivity contribution < 1.29 is 14.3 Å². The van der Waals surface area contributed by atoms with Crippen molar-refractivity contribution in [1.29, 1.82) is 0 Å². The molecule has 0 aliphatic carbocycles. The van der Waals surface area contributed by atoms with Crippen LogP contribution in [0.4, 0.5) is 0 Å². The molecule has 23 heavy (non-hydrogen) atoms. The topological polar surface area (TPSA) is 69.5 Å².